The Hall–Kier alpha value is -4.68. The lowest BCUT2D eigenvalue weighted by Crippen LogP contribution is -2.41. The predicted octanol–water partition coefficient (Wildman–Crippen LogP) is 9.09. The van der Waals surface area contributed by atoms with Crippen LogP contribution in [-0.4, -0.2) is 41.9 Å². The van der Waals surface area contributed by atoms with E-state index < -0.39 is 38.2 Å². The summed E-state index contributed by atoms with van der Waals surface area (Å²) in [6, 6.07) is 12.7. The van der Waals surface area contributed by atoms with Crippen molar-refractivity contribution >= 4 is 50.0 Å². The zero-order valence-corrected chi connectivity index (χ0v) is 33.9. The number of urea groups is 1. The lowest BCUT2D eigenvalue weighted by atomic mass is 9.79. The van der Waals surface area contributed by atoms with E-state index in [9.17, 15) is 27.9 Å². The first-order valence-electron chi connectivity index (χ1n) is 17.7. The number of nitrogens with zero attached hydrogens (tertiary/aromatic N) is 1. The molecule has 0 atom stereocenters. The minimum Gasteiger partial charge on any atom is -0.505 e. The number of amides is 3. The maximum atomic E-state index is 13.7. The van der Waals surface area contributed by atoms with Gasteiger partial charge in [-0.15, -0.1) is 0 Å². The molecule has 53 heavy (non-hydrogen) atoms. The van der Waals surface area contributed by atoms with E-state index >= 15 is 0 Å². The van der Waals surface area contributed by atoms with Gasteiger partial charge in [-0.3, -0.25) is 9.59 Å². The second kappa shape index (κ2) is 14.6. The summed E-state index contributed by atoms with van der Waals surface area (Å²) >= 11 is 0. The first-order valence-corrected chi connectivity index (χ1v) is 19.2. The summed E-state index contributed by atoms with van der Waals surface area (Å²) < 4.78 is 34.4. The molecule has 0 fully saturated rings. The number of fused-ring (bicyclic) bond motifs is 1. The molecule has 0 unspecified atom stereocenters. The van der Waals surface area contributed by atoms with Crippen LogP contribution in [0.4, 0.5) is 21.9 Å². The average molecular weight is 747 g/mol. The largest absolute Gasteiger partial charge is 0.505 e. The molecule has 1 heterocycles. The second-order valence-electron chi connectivity index (χ2n) is 17.1. The van der Waals surface area contributed by atoms with Crippen LogP contribution in [0.2, 0.25) is 0 Å². The number of anilines is 3. The molecule has 4 rings (SSSR count). The molecule has 0 aliphatic heterocycles. The quantitative estimate of drug-likeness (QED) is 0.131. The number of hydrogen-bond donors (Lipinski definition) is 4. The van der Waals surface area contributed by atoms with Crippen molar-refractivity contribution in [1.82, 2.24) is 4.31 Å². The monoisotopic (exact) mass is 746 g/mol. The number of sulfonamides is 1. The zero-order chi connectivity index (χ0) is 40.0. The van der Waals surface area contributed by atoms with Gasteiger partial charge in [0.05, 0.1) is 21.7 Å². The summed E-state index contributed by atoms with van der Waals surface area (Å²) in [5, 5.41) is 19.6. The molecule has 0 aliphatic rings. The molecule has 1 aromatic heterocycles. The molecule has 0 spiro atoms. The van der Waals surface area contributed by atoms with E-state index in [1.807, 2.05) is 68.4 Å². The molecule has 12 heteroatoms. The van der Waals surface area contributed by atoms with Gasteiger partial charge in [-0.2, -0.15) is 4.31 Å². The Morgan fingerprint density at radius 1 is 0.736 bits per heavy atom. The SMILES string of the molecule is CC(C)N(C(C)C)S(=O)(=O)c1cccc(NC(=O)c2cc(=O)c3cc(C(C)(C)C)cc(NC(=O)Nc4cc(C(C)(C)C)cc(C(C)(C)C)c4O)c3o2)c1. The number of hydrogen-bond acceptors (Lipinski definition) is 7. The van der Waals surface area contributed by atoms with Gasteiger partial charge in [0.15, 0.2) is 16.8 Å². The van der Waals surface area contributed by atoms with Crippen molar-refractivity contribution in [3.05, 3.63) is 87.3 Å². The van der Waals surface area contributed by atoms with Crippen molar-refractivity contribution in [1.29, 1.82) is 0 Å². The maximum Gasteiger partial charge on any atom is 0.323 e. The van der Waals surface area contributed by atoms with Crippen LogP contribution < -0.4 is 21.4 Å². The Morgan fingerprint density at radius 2 is 1.28 bits per heavy atom. The smallest absolute Gasteiger partial charge is 0.323 e. The summed E-state index contributed by atoms with van der Waals surface area (Å²) in [7, 11) is -3.89. The Morgan fingerprint density at radius 3 is 1.83 bits per heavy atom. The molecule has 4 aromatic rings. The van der Waals surface area contributed by atoms with Gasteiger partial charge in [0, 0.05) is 29.4 Å². The molecule has 286 valence electrons. The fourth-order valence-electron chi connectivity index (χ4n) is 6.11. The van der Waals surface area contributed by atoms with Gasteiger partial charge in [0.25, 0.3) is 5.91 Å². The number of carbonyl (C=O) groups is 2. The minimum absolute atomic E-state index is 0.00133. The fraction of sp³-hybridized carbons (Fsp3) is 0.439. The summed E-state index contributed by atoms with van der Waals surface area (Å²) in [6.07, 6.45) is 0. The van der Waals surface area contributed by atoms with Crippen molar-refractivity contribution in [3.63, 3.8) is 0 Å². The number of rotatable bonds is 8. The van der Waals surface area contributed by atoms with Gasteiger partial charge in [-0.25, -0.2) is 13.2 Å². The highest BCUT2D eigenvalue weighted by Gasteiger charge is 2.30. The first kappa shape index (κ1) is 41.1. The van der Waals surface area contributed by atoms with Crippen LogP contribution in [0.25, 0.3) is 11.0 Å². The van der Waals surface area contributed by atoms with Crippen molar-refractivity contribution < 1.29 is 27.5 Å². The van der Waals surface area contributed by atoms with Gasteiger partial charge in [0.1, 0.15) is 5.75 Å². The van der Waals surface area contributed by atoms with Crippen LogP contribution in [0.15, 0.2) is 68.7 Å². The van der Waals surface area contributed by atoms with Crippen LogP contribution in [0.1, 0.15) is 117 Å². The van der Waals surface area contributed by atoms with E-state index in [-0.39, 0.29) is 61.9 Å². The molecule has 0 radical (unpaired) electrons. The third-order valence-corrected chi connectivity index (χ3v) is 11.1. The normalized spacial score (nSPS) is 12.8. The number of carbonyl (C=O) groups excluding carboxylic acids is 2. The number of aromatic hydroxyl groups is 1. The average Bonchev–Trinajstić information content (AvgIpc) is 3.00. The van der Waals surface area contributed by atoms with Gasteiger partial charge < -0.3 is 25.5 Å². The van der Waals surface area contributed by atoms with Crippen molar-refractivity contribution in [2.75, 3.05) is 16.0 Å². The highest BCUT2D eigenvalue weighted by atomic mass is 32.2. The van der Waals surface area contributed by atoms with E-state index in [0.29, 0.717) is 5.56 Å². The van der Waals surface area contributed by atoms with E-state index in [0.717, 1.165) is 17.2 Å². The Bertz CT molecular complexity index is 2210. The van der Waals surface area contributed by atoms with E-state index in [1.54, 1.807) is 45.9 Å². The Labute approximate surface area is 313 Å². The van der Waals surface area contributed by atoms with Gasteiger partial charge in [-0.05, 0) is 91.5 Å². The summed E-state index contributed by atoms with van der Waals surface area (Å²) in [5.74, 6) is -1.20. The van der Waals surface area contributed by atoms with Crippen molar-refractivity contribution in [2.24, 2.45) is 0 Å². The summed E-state index contributed by atoms with van der Waals surface area (Å²) in [6.45, 7) is 25.1. The molecule has 3 aromatic carbocycles. The highest BCUT2D eigenvalue weighted by molar-refractivity contribution is 7.89. The summed E-state index contributed by atoms with van der Waals surface area (Å²) in [5.41, 5.74) is 1.15. The number of nitrogens with one attached hydrogen (secondary N) is 3. The number of phenols is 1. The molecule has 11 nitrogen and oxygen atoms in total. The topological polar surface area (TPSA) is 158 Å². The van der Waals surface area contributed by atoms with Crippen LogP contribution >= 0.6 is 0 Å². The van der Waals surface area contributed by atoms with Gasteiger partial charge in [0.2, 0.25) is 10.0 Å². The summed E-state index contributed by atoms with van der Waals surface area (Å²) in [4.78, 5) is 40.8. The molecule has 4 N–H and O–H groups in total. The number of phenolic OH excluding ortho intramolecular Hbond substituents is 1. The fourth-order valence-corrected chi connectivity index (χ4v) is 7.99. The van der Waals surface area contributed by atoms with Crippen molar-refractivity contribution in [2.45, 2.75) is 123 Å². The molecule has 0 aliphatic carbocycles. The third-order valence-electron chi connectivity index (χ3n) is 8.88. The van der Waals surface area contributed by atoms with Gasteiger partial charge in [-0.1, -0.05) is 74.4 Å². The molecule has 0 saturated heterocycles. The van der Waals surface area contributed by atoms with E-state index in [2.05, 4.69) is 16.0 Å². The van der Waals surface area contributed by atoms with E-state index in [4.69, 9.17) is 4.42 Å². The lowest BCUT2D eigenvalue weighted by molar-refractivity contribution is 0.0997. The minimum atomic E-state index is -3.89. The third kappa shape index (κ3) is 9.10. The second-order valence-corrected chi connectivity index (χ2v) is 19.0. The Balaban J connectivity index is 1.76. The van der Waals surface area contributed by atoms with Crippen LogP contribution in [0.3, 0.4) is 0 Å². The number of benzene rings is 3. The lowest BCUT2D eigenvalue weighted by Gasteiger charge is -2.29. The van der Waals surface area contributed by atoms with Crippen LogP contribution in [0, 0.1) is 0 Å². The van der Waals surface area contributed by atoms with Crippen LogP contribution in [-0.2, 0) is 26.3 Å². The molecule has 0 bridgehead atoms. The molecular formula is C41H54N4O7S. The predicted molar refractivity (Wildman–Crippen MR) is 213 cm³/mol. The van der Waals surface area contributed by atoms with Crippen molar-refractivity contribution in [3.8, 4) is 5.75 Å². The Kier molecular flexibility index (Phi) is 11.3. The van der Waals surface area contributed by atoms with E-state index in [1.165, 1.54) is 28.6 Å². The molecule has 0 saturated carbocycles. The highest BCUT2D eigenvalue weighted by Crippen LogP contribution is 2.40. The maximum absolute atomic E-state index is 13.7. The van der Waals surface area contributed by atoms with Crippen LogP contribution in [0.5, 0.6) is 5.75 Å². The first-order chi connectivity index (χ1) is 24.2. The molecule has 3 amide bonds. The standard InChI is InChI=1S/C41H54N4O7S/c1-23(2)45(24(3)4)53(50,51)28-16-14-15-27(21-28)42-37(48)34-22-33(46)29-17-25(39(5,6)7)20-32(36(29)52-34)44-38(49)43-31-19-26(40(8,9)10)18-30(35(31)47)41(11,12)13/h14-24,47H,1-13H3,(H,42,48)(H2,43,44,49). The van der Waals surface area contributed by atoms with Gasteiger partial charge >= 0.3 is 6.03 Å². The zero-order valence-electron chi connectivity index (χ0n) is 33.1. The molecular weight excluding hydrogens is 693 g/mol.